The number of hydrogen-bond donors (Lipinski definition) is 2. The first-order chi connectivity index (χ1) is 15.1. The molecule has 0 bridgehead atoms. The summed E-state index contributed by atoms with van der Waals surface area (Å²) in [6, 6.07) is 17.6. The first kappa shape index (κ1) is 20.1. The molecule has 2 aromatic carbocycles. The van der Waals surface area contributed by atoms with Crippen LogP contribution in [0.2, 0.25) is 0 Å². The van der Waals surface area contributed by atoms with Crippen LogP contribution < -0.4 is 10.7 Å². The normalized spacial score (nSPS) is 11.2. The van der Waals surface area contributed by atoms with Crippen molar-refractivity contribution in [1.29, 1.82) is 0 Å². The van der Waals surface area contributed by atoms with Gasteiger partial charge in [-0.15, -0.1) is 16.4 Å². The molecule has 0 aliphatic carbocycles. The minimum absolute atomic E-state index is 0.182. The van der Waals surface area contributed by atoms with Crippen molar-refractivity contribution in [2.75, 3.05) is 5.32 Å². The van der Waals surface area contributed by atoms with Crippen LogP contribution in [0.15, 0.2) is 77.5 Å². The highest BCUT2D eigenvalue weighted by atomic mass is 32.1. The van der Waals surface area contributed by atoms with Crippen molar-refractivity contribution in [2.24, 2.45) is 5.10 Å². The highest BCUT2D eigenvalue weighted by Crippen LogP contribution is 2.14. The Labute approximate surface area is 181 Å². The van der Waals surface area contributed by atoms with Crippen molar-refractivity contribution < 1.29 is 9.59 Å². The quantitative estimate of drug-likeness (QED) is 0.360. The molecular formula is C21H17N7O2S. The van der Waals surface area contributed by atoms with Gasteiger partial charge in [0.1, 0.15) is 6.33 Å². The molecule has 9 nitrogen and oxygen atoms in total. The molecule has 0 atom stereocenters. The lowest BCUT2D eigenvalue weighted by atomic mass is 10.1. The van der Waals surface area contributed by atoms with E-state index in [-0.39, 0.29) is 11.8 Å². The number of aromatic nitrogens is 4. The van der Waals surface area contributed by atoms with E-state index in [0.717, 1.165) is 11.3 Å². The topological polar surface area (TPSA) is 114 Å². The van der Waals surface area contributed by atoms with Crippen LogP contribution in [-0.2, 0) is 0 Å². The predicted molar refractivity (Wildman–Crippen MR) is 118 cm³/mol. The van der Waals surface area contributed by atoms with E-state index in [9.17, 15) is 9.59 Å². The first-order valence-corrected chi connectivity index (χ1v) is 10.1. The zero-order valence-corrected chi connectivity index (χ0v) is 17.2. The lowest BCUT2D eigenvalue weighted by Crippen LogP contribution is -2.19. The number of nitrogens with one attached hydrogen (secondary N) is 2. The van der Waals surface area contributed by atoms with Crippen LogP contribution in [0, 0.1) is 0 Å². The van der Waals surface area contributed by atoms with Gasteiger partial charge in [-0.3, -0.25) is 9.59 Å². The van der Waals surface area contributed by atoms with Gasteiger partial charge in [0.05, 0.1) is 16.3 Å². The van der Waals surface area contributed by atoms with Gasteiger partial charge in [-0.25, -0.2) is 10.1 Å². The molecule has 0 aliphatic heterocycles. The Bertz CT molecular complexity index is 1200. The maximum Gasteiger partial charge on any atom is 0.271 e. The number of rotatable bonds is 6. The van der Waals surface area contributed by atoms with Crippen LogP contribution in [-0.4, -0.2) is 37.7 Å². The molecule has 0 unspecified atom stereocenters. The highest BCUT2D eigenvalue weighted by molar-refractivity contribution is 7.12. The van der Waals surface area contributed by atoms with Gasteiger partial charge in [0.2, 0.25) is 0 Å². The van der Waals surface area contributed by atoms with Gasteiger partial charge in [0, 0.05) is 11.3 Å². The summed E-state index contributed by atoms with van der Waals surface area (Å²) < 4.78 is 1.55. The van der Waals surface area contributed by atoms with Crippen LogP contribution in [0.4, 0.5) is 5.69 Å². The Morgan fingerprint density at radius 3 is 2.35 bits per heavy atom. The summed E-state index contributed by atoms with van der Waals surface area (Å²) in [6.45, 7) is 1.80. The maximum absolute atomic E-state index is 12.4. The predicted octanol–water partition coefficient (Wildman–Crippen LogP) is 3.13. The van der Waals surface area contributed by atoms with Gasteiger partial charge < -0.3 is 5.32 Å². The van der Waals surface area contributed by atoms with Crippen molar-refractivity contribution in [1.82, 2.24) is 25.6 Å². The van der Waals surface area contributed by atoms with Crippen LogP contribution in [0.3, 0.4) is 0 Å². The maximum atomic E-state index is 12.4. The Morgan fingerprint density at radius 2 is 1.71 bits per heavy atom. The minimum Gasteiger partial charge on any atom is -0.321 e. The average Bonchev–Trinajstić information content (AvgIpc) is 3.52. The van der Waals surface area contributed by atoms with Crippen LogP contribution in [0.1, 0.15) is 32.5 Å². The number of carbonyl (C=O) groups excluding carboxylic acids is 2. The molecular weight excluding hydrogens is 414 g/mol. The molecule has 0 aliphatic rings. The second-order valence-corrected chi connectivity index (χ2v) is 7.40. The molecule has 2 aromatic heterocycles. The fourth-order valence-corrected chi connectivity index (χ4v) is 3.32. The zero-order chi connectivity index (χ0) is 21.6. The molecule has 2 heterocycles. The fourth-order valence-electron chi connectivity index (χ4n) is 2.70. The molecule has 0 fully saturated rings. The number of amides is 2. The summed E-state index contributed by atoms with van der Waals surface area (Å²) >= 11 is 1.36. The van der Waals surface area contributed by atoms with E-state index in [0.29, 0.717) is 21.8 Å². The summed E-state index contributed by atoms with van der Waals surface area (Å²) in [6.07, 6.45) is 1.51. The molecule has 0 saturated carbocycles. The Morgan fingerprint density at radius 1 is 0.968 bits per heavy atom. The zero-order valence-electron chi connectivity index (χ0n) is 16.4. The van der Waals surface area contributed by atoms with Crippen LogP contribution >= 0.6 is 11.3 Å². The number of hydrazone groups is 1. The molecule has 2 amide bonds. The summed E-state index contributed by atoms with van der Waals surface area (Å²) in [5.74, 6) is -0.528. The van der Waals surface area contributed by atoms with E-state index in [1.165, 1.54) is 17.7 Å². The van der Waals surface area contributed by atoms with E-state index in [1.807, 2.05) is 35.7 Å². The molecule has 2 N–H and O–H groups in total. The van der Waals surface area contributed by atoms with Gasteiger partial charge in [-0.05, 0) is 70.8 Å². The third kappa shape index (κ3) is 4.87. The number of benzene rings is 2. The first-order valence-electron chi connectivity index (χ1n) is 9.23. The minimum atomic E-state index is -0.346. The Balaban J connectivity index is 1.36. The number of anilines is 1. The number of nitrogens with zero attached hydrogens (tertiary/aromatic N) is 5. The molecule has 0 saturated heterocycles. The van der Waals surface area contributed by atoms with Gasteiger partial charge in [0.25, 0.3) is 11.8 Å². The van der Waals surface area contributed by atoms with E-state index >= 15 is 0 Å². The summed E-state index contributed by atoms with van der Waals surface area (Å²) in [5.41, 5.74) is 5.90. The van der Waals surface area contributed by atoms with Crippen molar-refractivity contribution in [3.63, 3.8) is 0 Å². The number of tetrazole rings is 1. The van der Waals surface area contributed by atoms with E-state index in [2.05, 4.69) is 31.4 Å². The standard InChI is InChI=1S/C21H17N7O2S/c1-14(15-6-10-18(11-7-15)28-13-22-26-27-28)24-25-20(29)16-4-8-17(9-5-16)23-21(30)19-3-2-12-31-19/h2-13H,1H3,(H,23,30)(H,25,29). The third-order valence-corrected chi connectivity index (χ3v) is 5.24. The Kier molecular flexibility index (Phi) is 5.90. The Hall–Kier alpha value is -4.18. The van der Waals surface area contributed by atoms with Crippen molar-refractivity contribution in [3.05, 3.63) is 88.4 Å². The SMILES string of the molecule is CC(=NNC(=O)c1ccc(NC(=O)c2cccs2)cc1)c1ccc(-n2cnnn2)cc1. The fraction of sp³-hybridized carbons (Fsp3) is 0.0476. The van der Waals surface area contributed by atoms with E-state index in [4.69, 9.17) is 0 Å². The average molecular weight is 431 g/mol. The largest absolute Gasteiger partial charge is 0.321 e. The van der Waals surface area contributed by atoms with Crippen molar-refractivity contribution >= 4 is 34.6 Å². The summed E-state index contributed by atoms with van der Waals surface area (Å²) in [5, 5.41) is 19.9. The highest BCUT2D eigenvalue weighted by Gasteiger charge is 2.09. The molecule has 4 rings (SSSR count). The summed E-state index contributed by atoms with van der Waals surface area (Å²) in [7, 11) is 0. The third-order valence-electron chi connectivity index (χ3n) is 4.37. The molecule has 4 aromatic rings. The summed E-state index contributed by atoms with van der Waals surface area (Å²) in [4.78, 5) is 25.1. The molecule has 10 heteroatoms. The van der Waals surface area contributed by atoms with Crippen LogP contribution in [0.5, 0.6) is 0 Å². The van der Waals surface area contributed by atoms with Crippen molar-refractivity contribution in [2.45, 2.75) is 6.92 Å². The molecule has 31 heavy (non-hydrogen) atoms. The monoisotopic (exact) mass is 431 g/mol. The number of thiophene rings is 1. The van der Waals surface area contributed by atoms with Gasteiger partial charge in [0.15, 0.2) is 0 Å². The second kappa shape index (κ2) is 9.09. The van der Waals surface area contributed by atoms with Gasteiger partial charge in [-0.2, -0.15) is 5.10 Å². The molecule has 0 spiro atoms. The number of carbonyl (C=O) groups is 2. The second-order valence-electron chi connectivity index (χ2n) is 6.45. The lowest BCUT2D eigenvalue weighted by Gasteiger charge is -2.06. The van der Waals surface area contributed by atoms with Crippen LogP contribution in [0.25, 0.3) is 5.69 Å². The molecule has 154 valence electrons. The van der Waals surface area contributed by atoms with Gasteiger partial charge in [-0.1, -0.05) is 18.2 Å². The van der Waals surface area contributed by atoms with E-state index < -0.39 is 0 Å². The lowest BCUT2D eigenvalue weighted by molar-refractivity contribution is 0.0954. The van der Waals surface area contributed by atoms with E-state index in [1.54, 1.807) is 41.9 Å². The van der Waals surface area contributed by atoms with Gasteiger partial charge >= 0.3 is 0 Å². The smallest absolute Gasteiger partial charge is 0.271 e. The number of hydrogen-bond acceptors (Lipinski definition) is 7. The molecule has 0 radical (unpaired) electrons. The van der Waals surface area contributed by atoms with Crippen molar-refractivity contribution in [3.8, 4) is 5.69 Å².